The summed E-state index contributed by atoms with van der Waals surface area (Å²) in [5.74, 6) is 2.71. The highest BCUT2D eigenvalue weighted by atomic mass is 16.5. The molecule has 2 rings (SSSR count). The Kier molecular flexibility index (Phi) is 3.56. The van der Waals surface area contributed by atoms with Gasteiger partial charge in [-0.2, -0.15) is 0 Å². The van der Waals surface area contributed by atoms with E-state index in [9.17, 15) is 0 Å². The highest BCUT2D eigenvalue weighted by Gasteiger charge is 2.15. The van der Waals surface area contributed by atoms with E-state index in [0.717, 1.165) is 44.2 Å². The van der Waals surface area contributed by atoms with Crippen LogP contribution in [0.4, 0.5) is 11.6 Å². The SMILES string of the molecule is CCc1nc(N)cc(NCC2CCOC2)n1. The first kappa shape index (κ1) is 11.1. The zero-order chi connectivity index (χ0) is 11.4. The highest BCUT2D eigenvalue weighted by Crippen LogP contribution is 2.14. The molecular formula is C11H18N4O. The van der Waals surface area contributed by atoms with Gasteiger partial charge in [0, 0.05) is 31.6 Å². The molecule has 0 radical (unpaired) electrons. The number of nitrogen functional groups attached to an aromatic ring is 1. The van der Waals surface area contributed by atoms with Crippen molar-refractivity contribution in [1.82, 2.24) is 9.97 Å². The van der Waals surface area contributed by atoms with Crippen LogP contribution in [0, 0.1) is 5.92 Å². The third kappa shape index (κ3) is 2.82. The summed E-state index contributed by atoms with van der Waals surface area (Å²) in [5.41, 5.74) is 5.70. The zero-order valence-electron chi connectivity index (χ0n) is 9.57. The minimum atomic E-state index is 0.525. The largest absolute Gasteiger partial charge is 0.384 e. The van der Waals surface area contributed by atoms with Gasteiger partial charge in [0.1, 0.15) is 17.5 Å². The van der Waals surface area contributed by atoms with Crippen molar-refractivity contribution in [2.24, 2.45) is 5.92 Å². The molecule has 2 heterocycles. The average Bonchev–Trinajstić information content (AvgIpc) is 2.78. The first-order valence-corrected chi connectivity index (χ1v) is 5.73. The van der Waals surface area contributed by atoms with E-state index in [-0.39, 0.29) is 0 Å². The molecular weight excluding hydrogens is 204 g/mol. The monoisotopic (exact) mass is 222 g/mol. The molecule has 1 unspecified atom stereocenters. The lowest BCUT2D eigenvalue weighted by atomic mass is 10.1. The van der Waals surface area contributed by atoms with Crippen molar-refractivity contribution in [1.29, 1.82) is 0 Å². The van der Waals surface area contributed by atoms with Crippen LogP contribution < -0.4 is 11.1 Å². The summed E-state index contributed by atoms with van der Waals surface area (Å²) in [6.07, 6.45) is 1.92. The molecule has 1 fully saturated rings. The Morgan fingerprint density at radius 1 is 1.56 bits per heavy atom. The molecule has 3 N–H and O–H groups in total. The van der Waals surface area contributed by atoms with Crippen molar-refractivity contribution in [3.8, 4) is 0 Å². The molecule has 1 aromatic rings. The van der Waals surface area contributed by atoms with Gasteiger partial charge in [-0.3, -0.25) is 0 Å². The van der Waals surface area contributed by atoms with E-state index in [1.165, 1.54) is 0 Å². The van der Waals surface area contributed by atoms with Crippen LogP contribution in [-0.2, 0) is 11.2 Å². The molecule has 1 aliphatic heterocycles. The number of ether oxygens (including phenoxy) is 1. The number of nitrogens with one attached hydrogen (secondary N) is 1. The molecule has 5 nitrogen and oxygen atoms in total. The van der Waals surface area contributed by atoms with Crippen LogP contribution in [0.5, 0.6) is 0 Å². The van der Waals surface area contributed by atoms with Crippen LogP contribution in [0.1, 0.15) is 19.2 Å². The molecule has 0 spiro atoms. The van der Waals surface area contributed by atoms with Crippen molar-refractivity contribution in [3.05, 3.63) is 11.9 Å². The van der Waals surface area contributed by atoms with Crippen LogP contribution in [0.2, 0.25) is 0 Å². The first-order valence-electron chi connectivity index (χ1n) is 5.73. The summed E-state index contributed by atoms with van der Waals surface area (Å²) in [6, 6.07) is 1.77. The molecule has 5 heteroatoms. The summed E-state index contributed by atoms with van der Waals surface area (Å²) in [5, 5.41) is 3.29. The Bertz CT molecular complexity index is 350. The summed E-state index contributed by atoms with van der Waals surface area (Å²) in [6.45, 7) is 4.62. The van der Waals surface area contributed by atoms with Gasteiger partial charge in [0.05, 0.1) is 6.61 Å². The summed E-state index contributed by atoms with van der Waals surface area (Å²) >= 11 is 0. The van der Waals surface area contributed by atoms with E-state index in [2.05, 4.69) is 15.3 Å². The fourth-order valence-corrected chi connectivity index (χ4v) is 1.76. The van der Waals surface area contributed by atoms with Crippen molar-refractivity contribution in [2.45, 2.75) is 19.8 Å². The smallest absolute Gasteiger partial charge is 0.132 e. The normalized spacial score (nSPS) is 19.9. The van der Waals surface area contributed by atoms with Gasteiger partial charge < -0.3 is 15.8 Å². The topological polar surface area (TPSA) is 73.1 Å². The second-order valence-corrected chi connectivity index (χ2v) is 4.06. The molecule has 1 aromatic heterocycles. The number of nitrogens with zero attached hydrogens (tertiary/aromatic N) is 2. The fraction of sp³-hybridized carbons (Fsp3) is 0.636. The number of aromatic nitrogens is 2. The number of nitrogens with two attached hydrogens (primary N) is 1. The van der Waals surface area contributed by atoms with Crippen LogP contribution in [0.3, 0.4) is 0 Å². The van der Waals surface area contributed by atoms with E-state index in [0.29, 0.717) is 11.7 Å². The number of rotatable bonds is 4. The fourth-order valence-electron chi connectivity index (χ4n) is 1.76. The van der Waals surface area contributed by atoms with Gasteiger partial charge in [-0.05, 0) is 6.42 Å². The predicted octanol–water partition coefficient (Wildman–Crippen LogP) is 1.07. The zero-order valence-corrected chi connectivity index (χ0v) is 9.57. The second-order valence-electron chi connectivity index (χ2n) is 4.06. The number of hydrogen-bond donors (Lipinski definition) is 2. The predicted molar refractivity (Wildman–Crippen MR) is 63.2 cm³/mol. The quantitative estimate of drug-likeness (QED) is 0.797. The Morgan fingerprint density at radius 3 is 3.12 bits per heavy atom. The van der Waals surface area contributed by atoms with E-state index in [4.69, 9.17) is 10.5 Å². The molecule has 1 aliphatic rings. The first-order chi connectivity index (χ1) is 7.78. The maximum atomic E-state index is 5.70. The number of anilines is 2. The van der Waals surface area contributed by atoms with E-state index >= 15 is 0 Å². The summed E-state index contributed by atoms with van der Waals surface area (Å²) in [4.78, 5) is 8.50. The molecule has 1 saturated heterocycles. The highest BCUT2D eigenvalue weighted by molar-refractivity contribution is 5.44. The van der Waals surface area contributed by atoms with Crippen molar-refractivity contribution >= 4 is 11.6 Å². The summed E-state index contributed by atoms with van der Waals surface area (Å²) < 4.78 is 5.32. The van der Waals surface area contributed by atoms with Crippen molar-refractivity contribution in [3.63, 3.8) is 0 Å². The standard InChI is InChI=1S/C11H18N4O/c1-2-10-14-9(12)5-11(15-10)13-6-8-3-4-16-7-8/h5,8H,2-4,6-7H2,1H3,(H3,12,13,14,15). The molecule has 0 bridgehead atoms. The maximum absolute atomic E-state index is 5.70. The van der Waals surface area contributed by atoms with Gasteiger partial charge >= 0.3 is 0 Å². The van der Waals surface area contributed by atoms with Gasteiger partial charge in [-0.25, -0.2) is 9.97 Å². The Hall–Kier alpha value is -1.36. The van der Waals surface area contributed by atoms with Crippen LogP contribution in [0.15, 0.2) is 6.07 Å². The third-order valence-electron chi connectivity index (χ3n) is 2.70. The molecule has 0 aromatic carbocycles. The Labute approximate surface area is 95.4 Å². The molecule has 1 atom stereocenters. The lowest BCUT2D eigenvalue weighted by molar-refractivity contribution is 0.187. The third-order valence-corrected chi connectivity index (χ3v) is 2.70. The Morgan fingerprint density at radius 2 is 2.44 bits per heavy atom. The van der Waals surface area contributed by atoms with Crippen LogP contribution in [-0.4, -0.2) is 29.7 Å². The van der Waals surface area contributed by atoms with Gasteiger partial charge in [0.15, 0.2) is 0 Å². The number of aryl methyl sites for hydroxylation is 1. The van der Waals surface area contributed by atoms with E-state index in [1.54, 1.807) is 6.07 Å². The maximum Gasteiger partial charge on any atom is 0.132 e. The van der Waals surface area contributed by atoms with E-state index in [1.807, 2.05) is 6.92 Å². The molecule has 0 aliphatic carbocycles. The molecule has 0 saturated carbocycles. The second kappa shape index (κ2) is 5.12. The minimum Gasteiger partial charge on any atom is -0.384 e. The van der Waals surface area contributed by atoms with Gasteiger partial charge in [-0.1, -0.05) is 6.92 Å². The van der Waals surface area contributed by atoms with Gasteiger partial charge in [-0.15, -0.1) is 0 Å². The van der Waals surface area contributed by atoms with Gasteiger partial charge in [0.25, 0.3) is 0 Å². The Balaban J connectivity index is 1.94. The minimum absolute atomic E-state index is 0.525. The molecule has 88 valence electrons. The van der Waals surface area contributed by atoms with Crippen molar-refractivity contribution < 1.29 is 4.74 Å². The lowest BCUT2D eigenvalue weighted by Crippen LogP contribution is -2.15. The average molecular weight is 222 g/mol. The molecule has 0 amide bonds. The van der Waals surface area contributed by atoms with Crippen molar-refractivity contribution in [2.75, 3.05) is 30.8 Å². The summed E-state index contributed by atoms with van der Waals surface area (Å²) in [7, 11) is 0. The lowest BCUT2D eigenvalue weighted by Gasteiger charge is -2.11. The van der Waals surface area contributed by atoms with E-state index < -0.39 is 0 Å². The number of hydrogen-bond acceptors (Lipinski definition) is 5. The molecule has 16 heavy (non-hydrogen) atoms. The van der Waals surface area contributed by atoms with Crippen LogP contribution in [0.25, 0.3) is 0 Å². The van der Waals surface area contributed by atoms with Crippen LogP contribution >= 0.6 is 0 Å². The van der Waals surface area contributed by atoms with Gasteiger partial charge in [0.2, 0.25) is 0 Å².